The van der Waals surface area contributed by atoms with Crippen molar-refractivity contribution in [3.8, 4) is 0 Å². The summed E-state index contributed by atoms with van der Waals surface area (Å²) >= 11 is 5.95. The largest absolute Gasteiger partial charge is 0.466 e. The van der Waals surface area contributed by atoms with E-state index in [0.29, 0.717) is 17.3 Å². The highest BCUT2D eigenvalue weighted by Crippen LogP contribution is 2.16. The average Bonchev–Trinajstić information content (AvgIpc) is 2.60. The summed E-state index contributed by atoms with van der Waals surface area (Å²) in [5.41, 5.74) is 2.48. The minimum Gasteiger partial charge on any atom is -0.466 e. The molecule has 0 radical (unpaired) electrons. The van der Waals surface area contributed by atoms with Gasteiger partial charge in [-0.15, -0.1) is 0 Å². The summed E-state index contributed by atoms with van der Waals surface area (Å²) < 4.78 is 6.71. The third kappa shape index (κ3) is 2.58. The number of carbonyl (C=O) groups excluding carboxylic acids is 1. The fourth-order valence-corrected chi connectivity index (χ4v) is 1.99. The molecule has 5 heteroatoms. The Labute approximate surface area is 104 Å². The van der Waals surface area contributed by atoms with Crippen LogP contribution in [0.25, 0.3) is 5.65 Å². The summed E-state index contributed by atoms with van der Waals surface area (Å²) in [6, 6.07) is 1.85. The number of aryl methyl sites for hydroxylation is 1. The zero-order valence-electron chi connectivity index (χ0n) is 9.74. The number of carbonyl (C=O) groups is 1. The first-order valence-corrected chi connectivity index (χ1v) is 5.77. The van der Waals surface area contributed by atoms with Crippen molar-refractivity contribution in [2.75, 3.05) is 6.61 Å². The van der Waals surface area contributed by atoms with Crippen LogP contribution in [-0.2, 0) is 16.0 Å². The van der Waals surface area contributed by atoms with E-state index in [1.165, 1.54) is 0 Å². The molecule has 90 valence electrons. The Morgan fingerprint density at radius 2 is 2.29 bits per heavy atom. The fraction of sp³-hybridized carbons (Fsp3) is 0.333. The second kappa shape index (κ2) is 4.75. The van der Waals surface area contributed by atoms with E-state index in [9.17, 15) is 4.79 Å². The van der Waals surface area contributed by atoms with Crippen molar-refractivity contribution in [3.63, 3.8) is 0 Å². The lowest BCUT2D eigenvalue weighted by molar-refractivity contribution is -0.142. The number of fused-ring (bicyclic) bond motifs is 1. The average molecular weight is 253 g/mol. The van der Waals surface area contributed by atoms with Gasteiger partial charge in [-0.05, 0) is 25.5 Å². The zero-order valence-corrected chi connectivity index (χ0v) is 10.5. The van der Waals surface area contributed by atoms with E-state index >= 15 is 0 Å². The predicted molar refractivity (Wildman–Crippen MR) is 65.3 cm³/mol. The number of ether oxygens (including phenoxy) is 1. The molecule has 0 aliphatic rings. The van der Waals surface area contributed by atoms with Crippen LogP contribution in [0.4, 0.5) is 0 Å². The molecule has 2 heterocycles. The first-order chi connectivity index (χ1) is 8.10. The summed E-state index contributed by atoms with van der Waals surface area (Å²) in [7, 11) is 0. The van der Waals surface area contributed by atoms with E-state index in [2.05, 4.69) is 4.98 Å². The molecule has 0 unspecified atom stereocenters. The lowest BCUT2D eigenvalue weighted by Crippen LogP contribution is -2.07. The maximum Gasteiger partial charge on any atom is 0.311 e. The molecular weight excluding hydrogens is 240 g/mol. The van der Waals surface area contributed by atoms with E-state index in [4.69, 9.17) is 16.3 Å². The second-order valence-corrected chi connectivity index (χ2v) is 4.22. The van der Waals surface area contributed by atoms with Gasteiger partial charge in [0.05, 0.1) is 23.7 Å². The molecule has 0 fully saturated rings. The standard InChI is InChI=1S/C12H13ClN2O2/c1-3-17-11(16)5-10-7-15-6-9(13)4-8(2)12(15)14-10/h4,6-7H,3,5H2,1-2H3. The van der Waals surface area contributed by atoms with E-state index in [1.54, 1.807) is 19.3 Å². The molecule has 0 atom stereocenters. The summed E-state index contributed by atoms with van der Waals surface area (Å²) in [5.74, 6) is -0.264. The molecule has 0 N–H and O–H groups in total. The zero-order chi connectivity index (χ0) is 12.4. The highest BCUT2D eigenvalue weighted by Gasteiger charge is 2.09. The van der Waals surface area contributed by atoms with E-state index in [0.717, 1.165) is 11.2 Å². The molecule has 4 nitrogen and oxygen atoms in total. The SMILES string of the molecule is CCOC(=O)Cc1cn2cc(Cl)cc(C)c2n1. The number of imidazole rings is 1. The number of aromatic nitrogens is 2. The van der Waals surface area contributed by atoms with E-state index in [1.807, 2.05) is 17.4 Å². The van der Waals surface area contributed by atoms with E-state index in [-0.39, 0.29) is 12.4 Å². The van der Waals surface area contributed by atoms with Gasteiger partial charge in [-0.3, -0.25) is 4.79 Å². The van der Waals surface area contributed by atoms with Crippen molar-refractivity contribution in [1.82, 2.24) is 9.38 Å². The van der Waals surface area contributed by atoms with Gasteiger partial charge in [-0.2, -0.15) is 0 Å². The maximum atomic E-state index is 11.3. The first-order valence-electron chi connectivity index (χ1n) is 5.39. The first kappa shape index (κ1) is 11.9. The number of rotatable bonds is 3. The molecule has 2 rings (SSSR count). The molecule has 0 aromatic carbocycles. The Balaban J connectivity index is 2.32. The highest BCUT2D eigenvalue weighted by atomic mass is 35.5. The van der Waals surface area contributed by atoms with Crippen LogP contribution < -0.4 is 0 Å². The molecule has 0 saturated heterocycles. The van der Waals surface area contributed by atoms with Crippen molar-refractivity contribution < 1.29 is 9.53 Å². The Kier molecular flexibility index (Phi) is 3.33. The minimum atomic E-state index is -0.264. The molecule has 17 heavy (non-hydrogen) atoms. The number of nitrogens with zero attached hydrogens (tertiary/aromatic N) is 2. The monoisotopic (exact) mass is 252 g/mol. The summed E-state index contributed by atoms with van der Waals surface area (Å²) in [5, 5.41) is 0.648. The van der Waals surface area contributed by atoms with E-state index < -0.39 is 0 Å². The normalized spacial score (nSPS) is 10.8. The van der Waals surface area contributed by atoms with Gasteiger partial charge in [0.2, 0.25) is 0 Å². The number of hydrogen-bond acceptors (Lipinski definition) is 3. The molecule has 2 aromatic heterocycles. The van der Waals surface area contributed by atoms with Crippen LogP contribution >= 0.6 is 11.6 Å². The van der Waals surface area contributed by atoms with Gasteiger partial charge in [-0.25, -0.2) is 4.98 Å². The predicted octanol–water partition coefficient (Wildman–Crippen LogP) is 2.40. The van der Waals surface area contributed by atoms with Gasteiger partial charge in [0.25, 0.3) is 0 Å². The van der Waals surface area contributed by atoms with Crippen LogP contribution in [0.3, 0.4) is 0 Å². The third-order valence-electron chi connectivity index (χ3n) is 2.38. The van der Waals surface area contributed by atoms with Crippen molar-refractivity contribution >= 4 is 23.2 Å². The quantitative estimate of drug-likeness (QED) is 0.788. The number of esters is 1. The Morgan fingerprint density at radius 1 is 1.53 bits per heavy atom. The maximum absolute atomic E-state index is 11.3. The summed E-state index contributed by atoms with van der Waals surface area (Å²) in [4.78, 5) is 15.7. The van der Waals surface area contributed by atoms with Crippen molar-refractivity contribution in [2.24, 2.45) is 0 Å². The topological polar surface area (TPSA) is 43.6 Å². The van der Waals surface area contributed by atoms with Crippen molar-refractivity contribution in [3.05, 3.63) is 34.7 Å². The van der Waals surface area contributed by atoms with Gasteiger partial charge in [0.1, 0.15) is 5.65 Å². The molecule has 2 aromatic rings. The van der Waals surface area contributed by atoms with Gasteiger partial charge in [0, 0.05) is 12.4 Å². The Morgan fingerprint density at radius 3 is 3.00 bits per heavy atom. The molecular formula is C12H13ClN2O2. The lowest BCUT2D eigenvalue weighted by atomic mass is 10.3. The third-order valence-corrected chi connectivity index (χ3v) is 2.59. The number of hydrogen-bond donors (Lipinski definition) is 0. The molecule has 0 spiro atoms. The van der Waals surface area contributed by atoms with Gasteiger partial charge < -0.3 is 9.14 Å². The van der Waals surface area contributed by atoms with Crippen LogP contribution in [0, 0.1) is 6.92 Å². The summed E-state index contributed by atoms with van der Waals surface area (Å²) in [6.45, 7) is 4.10. The Hall–Kier alpha value is -1.55. The molecule has 0 saturated carbocycles. The second-order valence-electron chi connectivity index (χ2n) is 3.79. The fourth-order valence-electron chi connectivity index (χ4n) is 1.72. The summed E-state index contributed by atoms with van der Waals surface area (Å²) in [6.07, 6.45) is 3.75. The molecule has 0 aliphatic carbocycles. The smallest absolute Gasteiger partial charge is 0.311 e. The number of halogens is 1. The number of pyridine rings is 1. The highest BCUT2D eigenvalue weighted by molar-refractivity contribution is 6.30. The van der Waals surface area contributed by atoms with Crippen LogP contribution in [-0.4, -0.2) is 22.0 Å². The van der Waals surface area contributed by atoms with Crippen molar-refractivity contribution in [2.45, 2.75) is 20.3 Å². The van der Waals surface area contributed by atoms with Crippen LogP contribution in [0.15, 0.2) is 18.5 Å². The van der Waals surface area contributed by atoms with Crippen LogP contribution in [0.2, 0.25) is 5.02 Å². The minimum absolute atomic E-state index is 0.187. The molecule has 0 amide bonds. The molecule has 0 aliphatic heterocycles. The van der Waals surface area contributed by atoms with Crippen LogP contribution in [0.1, 0.15) is 18.2 Å². The van der Waals surface area contributed by atoms with Crippen LogP contribution in [0.5, 0.6) is 0 Å². The Bertz CT molecular complexity index is 563. The lowest BCUT2D eigenvalue weighted by Gasteiger charge is -1.97. The van der Waals surface area contributed by atoms with Gasteiger partial charge in [0.15, 0.2) is 0 Å². The van der Waals surface area contributed by atoms with Gasteiger partial charge >= 0.3 is 5.97 Å². The van der Waals surface area contributed by atoms with Crippen molar-refractivity contribution in [1.29, 1.82) is 0 Å². The molecule has 0 bridgehead atoms. The van der Waals surface area contributed by atoms with Gasteiger partial charge in [-0.1, -0.05) is 11.6 Å².